The first-order chi connectivity index (χ1) is 9.88. The predicted octanol–water partition coefficient (Wildman–Crippen LogP) is 1.15. The maximum Gasteiger partial charge on any atom is 0.326 e. The van der Waals surface area contributed by atoms with Gasteiger partial charge in [0.2, 0.25) is 0 Å². The standard InChI is InChI=1S/C14H16ClNO5/c1-8(21-11-4-2-3-9(15)5-11)13(18)16-7-10(17)6-12(16)14(19)20/h2-5,8,10,12,17H,6-7H2,1H3,(H,19,20). The van der Waals surface area contributed by atoms with Crippen LogP contribution in [0.25, 0.3) is 0 Å². The van der Waals surface area contributed by atoms with Gasteiger partial charge in [-0.05, 0) is 25.1 Å². The van der Waals surface area contributed by atoms with E-state index in [1.807, 2.05) is 0 Å². The van der Waals surface area contributed by atoms with Crippen LogP contribution in [-0.4, -0.2) is 51.8 Å². The maximum absolute atomic E-state index is 12.3. The molecule has 0 spiro atoms. The van der Waals surface area contributed by atoms with Crippen molar-refractivity contribution in [2.75, 3.05) is 6.54 Å². The third-order valence-electron chi connectivity index (χ3n) is 3.30. The molecule has 114 valence electrons. The molecule has 2 N–H and O–H groups in total. The predicted molar refractivity (Wildman–Crippen MR) is 75.3 cm³/mol. The molecule has 2 rings (SSSR count). The minimum Gasteiger partial charge on any atom is -0.481 e. The van der Waals surface area contributed by atoms with Gasteiger partial charge >= 0.3 is 5.97 Å². The van der Waals surface area contributed by atoms with E-state index >= 15 is 0 Å². The van der Waals surface area contributed by atoms with Gasteiger partial charge in [-0.2, -0.15) is 0 Å². The highest BCUT2D eigenvalue weighted by Crippen LogP contribution is 2.22. The van der Waals surface area contributed by atoms with E-state index in [-0.39, 0.29) is 13.0 Å². The van der Waals surface area contributed by atoms with Crippen molar-refractivity contribution < 1.29 is 24.5 Å². The lowest BCUT2D eigenvalue weighted by Crippen LogP contribution is -2.46. The van der Waals surface area contributed by atoms with Crippen molar-refractivity contribution in [3.05, 3.63) is 29.3 Å². The SMILES string of the molecule is CC(Oc1cccc(Cl)c1)C(=O)N1CC(O)CC1C(=O)O. The molecule has 3 atom stereocenters. The molecule has 0 saturated carbocycles. The molecule has 6 nitrogen and oxygen atoms in total. The fourth-order valence-electron chi connectivity index (χ4n) is 2.32. The highest BCUT2D eigenvalue weighted by Gasteiger charge is 2.40. The van der Waals surface area contributed by atoms with E-state index in [2.05, 4.69) is 0 Å². The van der Waals surface area contributed by atoms with Gasteiger partial charge in [0.05, 0.1) is 6.10 Å². The molecule has 1 saturated heterocycles. The number of aliphatic hydroxyl groups excluding tert-OH is 1. The summed E-state index contributed by atoms with van der Waals surface area (Å²) in [7, 11) is 0. The molecule has 1 aliphatic rings. The number of carbonyl (C=O) groups is 2. The molecule has 1 amide bonds. The average Bonchev–Trinajstić information content (AvgIpc) is 2.80. The van der Waals surface area contributed by atoms with Crippen molar-refractivity contribution >= 4 is 23.5 Å². The summed E-state index contributed by atoms with van der Waals surface area (Å²) in [4.78, 5) is 24.6. The number of ether oxygens (including phenoxy) is 1. The summed E-state index contributed by atoms with van der Waals surface area (Å²) < 4.78 is 5.48. The number of rotatable bonds is 4. The lowest BCUT2D eigenvalue weighted by molar-refractivity contribution is -0.150. The Morgan fingerprint density at radius 2 is 2.19 bits per heavy atom. The summed E-state index contributed by atoms with van der Waals surface area (Å²) in [5.74, 6) is -1.18. The quantitative estimate of drug-likeness (QED) is 0.871. The fourth-order valence-corrected chi connectivity index (χ4v) is 2.50. The Kier molecular flexibility index (Phi) is 4.69. The van der Waals surface area contributed by atoms with Crippen LogP contribution in [0.1, 0.15) is 13.3 Å². The summed E-state index contributed by atoms with van der Waals surface area (Å²) in [5, 5.41) is 19.1. The first kappa shape index (κ1) is 15.6. The Bertz CT molecular complexity index is 550. The molecule has 0 bridgehead atoms. The first-order valence-corrected chi connectivity index (χ1v) is 6.90. The molecule has 0 aromatic heterocycles. The second-order valence-corrected chi connectivity index (χ2v) is 5.39. The third kappa shape index (κ3) is 3.65. The zero-order chi connectivity index (χ0) is 15.6. The monoisotopic (exact) mass is 313 g/mol. The summed E-state index contributed by atoms with van der Waals surface area (Å²) >= 11 is 5.83. The molecule has 1 aromatic carbocycles. The molecule has 1 aliphatic heterocycles. The number of aliphatic carboxylic acids is 1. The number of carboxylic acid groups (broad SMARTS) is 1. The van der Waals surface area contributed by atoms with Gasteiger partial charge in [-0.3, -0.25) is 4.79 Å². The van der Waals surface area contributed by atoms with Gasteiger partial charge in [-0.15, -0.1) is 0 Å². The number of benzene rings is 1. The van der Waals surface area contributed by atoms with Gasteiger partial charge in [0.25, 0.3) is 5.91 Å². The van der Waals surface area contributed by atoms with E-state index in [0.717, 1.165) is 4.90 Å². The molecule has 3 unspecified atom stereocenters. The molecule has 7 heteroatoms. The van der Waals surface area contributed by atoms with E-state index in [0.29, 0.717) is 10.8 Å². The lowest BCUT2D eigenvalue weighted by Gasteiger charge is -2.25. The lowest BCUT2D eigenvalue weighted by atomic mass is 10.2. The minimum absolute atomic E-state index is 0.000947. The number of carboxylic acids is 1. The number of carbonyl (C=O) groups excluding carboxylic acids is 1. The second-order valence-electron chi connectivity index (χ2n) is 4.95. The van der Waals surface area contributed by atoms with Crippen molar-refractivity contribution in [2.24, 2.45) is 0 Å². The Labute approximate surface area is 126 Å². The second kappa shape index (κ2) is 6.32. The zero-order valence-corrected chi connectivity index (χ0v) is 12.2. The molecule has 0 radical (unpaired) electrons. The Hall–Kier alpha value is -1.79. The molecule has 1 fully saturated rings. The van der Waals surface area contributed by atoms with Crippen LogP contribution in [-0.2, 0) is 9.59 Å². The molecule has 0 aliphatic carbocycles. The third-order valence-corrected chi connectivity index (χ3v) is 3.54. The van der Waals surface area contributed by atoms with Crippen molar-refractivity contribution in [2.45, 2.75) is 31.6 Å². The highest BCUT2D eigenvalue weighted by molar-refractivity contribution is 6.30. The van der Waals surface area contributed by atoms with Crippen molar-refractivity contribution in [3.63, 3.8) is 0 Å². The number of aliphatic hydroxyl groups is 1. The fraction of sp³-hybridized carbons (Fsp3) is 0.429. The number of hydrogen-bond donors (Lipinski definition) is 2. The Morgan fingerprint density at radius 3 is 2.81 bits per heavy atom. The number of likely N-dealkylation sites (tertiary alicyclic amines) is 1. The normalized spacial score (nSPS) is 22.9. The Morgan fingerprint density at radius 1 is 1.48 bits per heavy atom. The summed E-state index contributed by atoms with van der Waals surface area (Å²) in [6.45, 7) is 1.53. The van der Waals surface area contributed by atoms with Gasteiger partial charge in [0.15, 0.2) is 6.10 Å². The number of amides is 1. The average molecular weight is 314 g/mol. The van der Waals surface area contributed by atoms with Crippen molar-refractivity contribution in [1.82, 2.24) is 4.90 Å². The van der Waals surface area contributed by atoms with E-state index in [1.54, 1.807) is 24.3 Å². The molecule has 21 heavy (non-hydrogen) atoms. The van der Waals surface area contributed by atoms with Crippen LogP contribution in [0.4, 0.5) is 0 Å². The van der Waals surface area contributed by atoms with E-state index in [9.17, 15) is 14.7 Å². The first-order valence-electron chi connectivity index (χ1n) is 6.52. The van der Waals surface area contributed by atoms with Crippen LogP contribution in [0.5, 0.6) is 5.75 Å². The van der Waals surface area contributed by atoms with Crippen LogP contribution in [0.15, 0.2) is 24.3 Å². The molecule has 1 heterocycles. The smallest absolute Gasteiger partial charge is 0.326 e. The maximum atomic E-state index is 12.3. The minimum atomic E-state index is -1.13. The molecule has 1 aromatic rings. The highest BCUT2D eigenvalue weighted by atomic mass is 35.5. The van der Waals surface area contributed by atoms with Crippen LogP contribution in [0.2, 0.25) is 5.02 Å². The van der Waals surface area contributed by atoms with E-state index in [4.69, 9.17) is 21.4 Å². The van der Waals surface area contributed by atoms with Gasteiger partial charge in [0.1, 0.15) is 11.8 Å². The van der Waals surface area contributed by atoms with Crippen molar-refractivity contribution in [3.8, 4) is 5.75 Å². The molecular formula is C14H16ClNO5. The molecular weight excluding hydrogens is 298 g/mol. The van der Waals surface area contributed by atoms with Crippen molar-refractivity contribution in [1.29, 1.82) is 0 Å². The van der Waals surface area contributed by atoms with E-state index < -0.39 is 30.1 Å². The summed E-state index contributed by atoms with van der Waals surface area (Å²) in [6.07, 6.45) is -1.66. The largest absolute Gasteiger partial charge is 0.481 e. The summed E-state index contributed by atoms with van der Waals surface area (Å²) in [6, 6.07) is 5.58. The van der Waals surface area contributed by atoms with Crippen LogP contribution in [0.3, 0.4) is 0 Å². The van der Waals surface area contributed by atoms with Gasteiger partial charge in [-0.25, -0.2) is 4.79 Å². The number of β-amino-alcohol motifs (C(OH)–C–C–N with tert-alkyl or cyclic N) is 1. The van der Waals surface area contributed by atoms with Gasteiger partial charge in [0, 0.05) is 18.0 Å². The summed E-state index contributed by atoms with van der Waals surface area (Å²) in [5.41, 5.74) is 0. The zero-order valence-electron chi connectivity index (χ0n) is 11.4. The number of halogens is 1. The Balaban J connectivity index is 2.06. The number of nitrogens with zero attached hydrogens (tertiary/aromatic N) is 1. The van der Waals surface area contributed by atoms with Gasteiger partial charge in [-0.1, -0.05) is 17.7 Å². The van der Waals surface area contributed by atoms with Crippen LogP contribution < -0.4 is 4.74 Å². The van der Waals surface area contributed by atoms with Crippen LogP contribution in [0, 0.1) is 0 Å². The topological polar surface area (TPSA) is 87.1 Å². The van der Waals surface area contributed by atoms with E-state index in [1.165, 1.54) is 6.92 Å². The van der Waals surface area contributed by atoms with Gasteiger partial charge < -0.3 is 19.8 Å². The van der Waals surface area contributed by atoms with Crippen LogP contribution >= 0.6 is 11.6 Å². The number of hydrogen-bond acceptors (Lipinski definition) is 4.